The lowest BCUT2D eigenvalue weighted by Crippen LogP contribution is -2.47. The Balaban J connectivity index is 0.000000637. The quantitative estimate of drug-likeness (QED) is 0.386. The van der Waals surface area contributed by atoms with Crippen LogP contribution in [0.15, 0.2) is 22.3 Å². The fourth-order valence-electron chi connectivity index (χ4n) is 2.28. The van der Waals surface area contributed by atoms with E-state index < -0.39 is 7.14 Å². The Bertz CT molecular complexity index is 605. The maximum atomic E-state index is 11.7. The highest BCUT2D eigenvalue weighted by molar-refractivity contribution is 7.83. The van der Waals surface area contributed by atoms with E-state index in [-0.39, 0.29) is 0 Å². The van der Waals surface area contributed by atoms with Gasteiger partial charge in [0.1, 0.15) is 0 Å². The van der Waals surface area contributed by atoms with Gasteiger partial charge in [-0.25, -0.2) is 4.98 Å². The molecule has 0 aromatic carbocycles. The topological polar surface area (TPSA) is 48.8 Å². The average Bonchev–Trinajstić information content (AvgIpc) is 3.10. The van der Waals surface area contributed by atoms with Gasteiger partial charge in [0.15, 0.2) is 5.13 Å². The first-order valence-corrected chi connectivity index (χ1v) is 13.6. The number of hydrogen-bond acceptors (Lipinski definition) is 7. The molecule has 8 heteroatoms. The molecule has 156 valence electrons. The van der Waals surface area contributed by atoms with Crippen molar-refractivity contribution in [2.75, 3.05) is 57.1 Å². The number of hydrogen-bond donors (Lipinski definition) is 1. The molecule has 1 aliphatic heterocycles. The minimum Gasteiger partial charge on any atom is -0.346 e. The number of nitrogens with zero attached hydrogens (tertiary/aromatic N) is 4. The lowest BCUT2D eigenvalue weighted by atomic mass is 10.3. The molecule has 0 N–H and O–H groups in total. The molecule has 5 nitrogen and oxygen atoms in total. The smallest absolute Gasteiger partial charge is 0.185 e. The second kappa shape index (κ2) is 14.4. The van der Waals surface area contributed by atoms with Gasteiger partial charge in [0.2, 0.25) is 0 Å². The van der Waals surface area contributed by atoms with E-state index in [0.717, 1.165) is 56.1 Å². The summed E-state index contributed by atoms with van der Waals surface area (Å²) in [5.74, 6) is 0. The summed E-state index contributed by atoms with van der Waals surface area (Å²) in [6.07, 6.45) is 3.69. The van der Waals surface area contributed by atoms with Gasteiger partial charge in [0.05, 0.1) is 7.14 Å². The molecule has 0 spiro atoms. The van der Waals surface area contributed by atoms with E-state index >= 15 is 0 Å². The second-order valence-electron chi connectivity index (χ2n) is 6.51. The number of allylic oxidation sites excluding steroid dienone is 1. The zero-order valence-electron chi connectivity index (χ0n) is 17.8. The van der Waals surface area contributed by atoms with Crippen molar-refractivity contribution in [3.8, 4) is 0 Å². The van der Waals surface area contributed by atoms with Crippen LogP contribution in [0.3, 0.4) is 0 Å². The van der Waals surface area contributed by atoms with Gasteiger partial charge < -0.3 is 9.46 Å². The fourth-order valence-corrected chi connectivity index (χ4v) is 4.12. The summed E-state index contributed by atoms with van der Waals surface area (Å²) in [6, 6.07) is 0. The van der Waals surface area contributed by atoms with Crippen molar-refractivity contribution in [2.24, 2.45) is 4.99 Å². The third-order valence-corrected chi connectivity index (χ3v) is 6.47. The molecule has 1 fully saturated rings. The molecule has 0 bridgehead atoms. The van der Waals surface area contributed by atoms with Gasteiger partial charge in [-0.3, -0.25) is 9.89 Å². The van der Waals surface area contributed by atoms with E-state index in [1.165, 1.54) is 4.88 Å². The van der Waals surface area contributed by atoms with Crippen molar-refractivity contribution in [2.45, 2.75) is 34.1 Å². The first-order chi connectivity index (χ1) is 12.8. The Hall–Kier alpha value is -0.620. The van der Waals surface area contributed by atoms with Gasteiger partial charge in [-0.05, 0) is 38.8 Å². The molecule has 0 radical (unpaired) electrons. The Morgan fingerprint density at radius 3 is 2.30 bits per heavy atom. The maximum absolute atomic E-state index is 11.7. The Morgan fingerprint density at radius 1 is 1.37 bits per heavy atom. The number of rotatable bonds is 6. The number of aliphatic imine (C=N–C) groups is 1. The Kier molecular flexibility index (Phi) is 14.1. The van der Waals surface area contributed by atoms with Crippen LogP contribution in [0.25, 0.3) is 0 Å². The average molecular weight is 433 g/mol. The van der Waals surface area contributed by atoms with Gasteiger partial charge in [-0.2, -0.15) is 0 Å². The molecule has 0 saturated carbocycles. The highest BCUT2D eigenvalue weighted by Crippen LogP contribution is 2.35. The molecular weight excluding hydrogens is 395 g/mol. The summed E-state index contributed by atoms with van der Waals surface area (Å²) in [7, 11) is -1.87. The van der Waals surface area contributed by atoms with Crippen LogP contribution in [0.1, 0.15) is 32.1 Å². The summed E-state index contributed by atoms with van der Waals surface area (Å²) < 4.78 is 11.7. The van der Waals surface area contributed by atoms with Crippen molar-refractivity contribution in [1.82, 2.24) is 9.88 Å². The molecule has 2 rings (SSSR count). The van der Waals surface area contributed by atoms with E-state index in [4.69, 9.17) is 0 Å². The van der Waals surface area contributed by atoms with E-state index in [0.29, 0.717) is 0 Å². The van der Waals surface area contributed by atoms with Crippen LogP contribution in [0, 0.1) is 6.92 Å². The fraction of sp³-hybridized carbons (Fsp3) is 0.684. The van der Waals surface area contributed by atoms with Gasteiger partial charge >= 0.3 is 0 Å². The molecule has 0 unspecified atom stereocenters. The number of anilines is 1. The van der Waals surface area contributed by atoms with E-state index in [1.54, 1.807) is 16.7 Å². The lowest BCUT2D eigenvalue weighted by Gasteiger charge is -2.34. The van der Waals surface area contributed by atoms with Crippen molar-refractivity contribution >= 4 is 43.0 Å². The highest BCUT2D eigenvalue weighted by atomic mass is 32.1. The maximum Gasteiger partial charge on any atom is 0.185 e. The van der Waals surface area contributed by atoms with Crippen molar-refractivity contribution in [3.63, 3.8) is 0 Å². The van der Waals surface area contributed by atoms with Crippen LogP contribution in [-0.4, -0.2) is 68.8 Å². The first-order valence-electron chi connectivity index (χ1n) is 9.52. The number of aromatic nitrogens is 1. The monoisotopic (exact) mass is 432 g/mol. The minimum atomic E-state index is -1.87. The first kappa shape index (κ1) is 26.4. The van der Waals surface area contributed by atoms with Crippen molar-refractivity contribution < 1.29 is 4.57 Å². The summed E-state index contributed by atoms with van der Waals surface area (Å²) in [4.78, 5) is 14.1. The summed E-state index contributed by atoms with van der Waals surface area (Å²) in [5.41, 5.74) is 0.934. The van der Waals surface area contributed by atoms with Gasteiger partial charge in [0.25, 0.3) is 0 Å². The minimum absolute atomic E-state index is 0.837. The molecule has 0 amide bonds. The van der Waals surface area contributed by atoms with Crippen LogP contribution in [0.5, 0.6) is 0 Å². The largest absolute Gasteiger partial charge is 0.346 e. The Labute approximate surface area is 175 Å². The lowest BCUT2D eigenvalue weighted by molar-refractivity contribution is 0.272. The third-order valence-electron chi connectivity index (χ3n) is 3.92. The van der Waals surface area contributed by atoms with E-state index in [1.807, 2.05) is 40.3 Å². The molecule has 0 atom stereocenters. The zero-order valence-corrected chi connectivity index (χ0v) is 20.4. The molecule has 1 saturated heterocycles. The number of thiol groups is 1. The molecular formula is C19H37N4OPS2. The zero-order chi connectivity index (χ0) is 20.9. The number of piperazine rings is 1. The molecule has 27 heavy (non-hydrogen) atoms. The third kappa shape index (κ3) is 11.7. The molecule has 2 heterocycles. The van der Waals surface area contributed by atoms with Crippen LogP contribution < -0.4 is 4.90 Å². The van der Waals surface area contributed by atoms with Crippen LogP contribution >= 0.6 is 31.1 Å². The number of thiazole rings is 1. The summed E-state index contributed by atoms with van der Waals surface area (Å²) >= 11 is 5.64. The predicted octanol–water partition coefficient (Wildman–Crippen LogP) is 5.09. The van der Waals surface area contributed by atoms with Gasteiger partial charge in [-0.1, -0.05) is 20.8 Å². The van der Waals surface area contributed by atoms with Crippen LogP contribution in [-0.2, 0) is 4.57 Å². The van der Waals surface area contributed by atoms with Gasteiger partial charge in [-0.15, -0.1) is 24.0 Å². The van der Waals surface area contributed by atoms with Crippen molar-refractivity contribution in [3.05, 3.63) is 22.2 Å². The van der Waals surface area contributed by atoms with Crippen molar-refractivity contribution in [1.29, 1.82) is 0 Å². The standard InChI is InChI=1S/C12H22N3OPS.C5H9NS.C2H6/c1-11-10-13-12(18-11)15-6-4-14(5-7-15)8-9-17(2,3)16;1-3-5(4-7)6-2;1-2/h10H,4-9H2,1-3H3;4,7H,2-3H2,1H3;1-2H3/b;5-4-;. The summed E-state index contributed by atoms with van der Waals surface area (Å²) in [5, 5.41) is 2.80. The SMILES string of the molecule is C=N/C(=C\S)CC.CC.Cc1cnc(N2CCN(CCP(C)(C)=O)CC2)s1. The molecule has 1 aliphatic rings. The normalized spacial score (nSPS) is 15.4. The second-order valence-corrected chi connectivity index (χ2v) is 11.6. The predicted molar refractivity (Wildman–Crippen MR) is 128 cm³/mol. The molecule has 1 aromatic heterocycles. The van der Waals surface area contributed by atoms with Gasteiger partial charge in [0, 0.05) is 55.7 Å². The van der Waals surface area contributed by atoms with Crippen LogP contribution in [0.4, 0.5) is 5.13 Å². The summed E-state index contributed by atoms with van der Waals surface area (Å²) in [6.45, 7) is 20.3. The number of aryl methyl sites for hydroxylation is 1. The van der Waals surface area contributed by atoms with E-state index in [9.17, 15) is 4.57 Å². The highest BCUT2D eigenvalue weighted by Gasteiger charge is 2.20. The molecule has 0 aliphatic carbocycles. The van der Waals surface area contributed by atoms with Crippen LogP contribution in [0.2, 0.25) is 0 Å². The Morgan fingerprint density at radius 2 is 1.96 bits per heavy atom. The molecule has 1 aromatic rings. The van der Waals surface area contributed by atoms with E-state index in [2.05, 4.69) is 46.0 Å².